The average Bonchev–Trinajstić information content (AvgIpc) is 2.82. The van der Waals surface area contributed by atoms with Crippen LogP contribution < -0.4 is 0 Å². The van der Waals surface area contributed by atoms with Crippen molar-refractivity contribution >= 4 is 5.91 Å². The quantitative estimate of drug-likeness (QED) is 0.921. The van der Waals surface area contributed by atoms with E-state index in [1.54, 1.807) is 11.8 Å². The topological polar surface area (TPSA) is 40.5 Å². The van der Waals surface area contributed by atoms with Crippen LogP contribution in [0.4, 0.5) is 8.78 Å². The molecule has 2 rings (SSSR count). The lowest BCUT2D eigenvalue weighted by molar-refractivity contribution is -0.131. The van der Waals surface area contributed by atoms with E-state index in [1.807, 2.05) is 0 Å². The number of aliphatic hydroxyl groups is 1. The predicted octanol–water partition coefficient (Wildman–Crippen LogP) is 2.27. The Labute approximate surface area is 117 Å². The summed E-state index contributed by atoms with van der Waals surface area (Å²) in [6, 6.07) is 3.86. The minimum atomic E-state index is -0.952. The third-order valence-electron chi connectivity index (χ3n) is 3.68. The second-order valence-electron chi connectivity index (χ2n) is 5.36. The Morgan fingerprint density at radius 1 is 1.50 bits per heavy atom. The zero-order valence-electron chi connectivity index (χ0n) is 11.5. The fourth-order valence-corrected chi connectivity index (χ4v) is 2.75. The van der Waals surface area contributed by atoms with Gasteiger partial charge in [-0.2, -0.15) is 0 Å². The number of likely N-dealkylation sites (tertiary alicyclic amines) is 1. The Balaban J connectivity index is 2.06. The Bertz CT molecular complexity index is 491. The Morgan fingerprint density at radius 3 is 2.95 bits per heavy atom. The number of carbonyl (C=O) groups is 1. The molecule has 1 aliphatic heterocycles. The molecule has 0 radical (unpaired) electrons. The molecular formula is C15H19F2NO2. The van der Waals surface area contributed by atoms with Gasteiger partial charge in [0.25, 0.3) is 0 Å². The molecule has 5 heteroatoms. The Kier molecular flexibility index (Phi) is 4.70. The molecule has 0 aliphatic carbocycles. The summed E-state index contributed by atoms with van der Waals surface area (Å²) in [5, 5.41) is 9.44. The summed E-state index contributed by atoms with van der Waals surface area (Å²) < 4.78 is 26.7. The molecule has 0 aromatic heterocycles. The van der Waals surface area contributed by atoms with Crippen LogP contribution in [0.3, 0.4) is 0 Å². The van der Waals surface area contributed by atoms with Gasteiger partial charge in [0.1, 0.15) is 0 Å². The molecule has 1 heterocycles. The third kappa shape index (κ3) is 3.33. The number of halogens is 2. The van der Waals surface area contributed by atoms with Crippen LogP contribution in [-0.2, 0) is 11.2 Å². The molecule has 0 bridgehead atoms. The highest BCUT2D eigenvalue weighted by Gasteiger charge is 2.29. The summed E-state index contributed by atoms with van der Waals surface area (Å²) in [6.07, 6.45) is 1.65. The molecule has 20 heavy (non-hydrogen) atoms. The first-order valence-electron chi connectivity index (χ1n) is 6.89. The van der Waals surface area contributed by atoms with Crippen molar-refractivity contribution < 1.29 is 18.7 Å². The van der Waals surface area contributed by atoms with Gasteiger partial charge < -0.3 is 10.0 Å². The smallest absolute Gasteiger partial charge is 0.227 e. The van der Waals surface area contributed by atoms with E-state index in [0.29, 0.717) is 13.0 Å². The lowest BCUT2D eigenvalue weighted by Crippen LogP contribution is -2.38. The monoisotopic (exact) mass is 283 g/mol. The SMILES string of the molecule is CC(O)CC1CCCN1C(=O)Cc1cccc(F)c1F. The van der Waals surface area contributed by atoms with Gasteiger partial charge >= 0.3 is 0 Å². The second-order valence-corrected chi connectivity index (χ2v) is 5.36. The van der Waals surface area contributed by atoms with Crippen LogP contribution in [0.25, 0.3) is 0 Å². The molecule has 1 fully saturated rings. The molecular weight excluding hydrogens is 264 g/mol. The van der Waals surface area contributed by atoms with Gasteiger partial charge in [0.05, 0.1) is 12.5 Å². The van der Waals surface area contributed by atoms with Crippen molar-refractivity contribution in [3.63, 3.8) is 0 Å². The van der Waals surface area contributed by atoms with Crippen molar-refractivity contribution in [2.24, 2.45) is 0 Å². The van der Waals surface area contributed by atoms with Gasteiger partial charge in [0.2, 0.25) is 5.91 Å². The summed E-state index contributed by atoms with van der Waals surface area (Å²) in [4.78, 5) is 13.9. The molecule has 1 aromatic rings. The largest absolute Gasteiger partial charge is 0.393 e. The highest BCUT2D eigenvalue weighted by molar-refractivity contribution is 5.79. The van der Waals surface area contributed by atoms with Gasteiger partial charge in [-0.15, -0.1) is 0 Å². The number of nitrogens with zero attached hydrogens (tertiary/aromatic N) is 1. The van der Waals surface area contributed by atoms with Gasteiger partial charge in [0.15, 0.2) is 11.6 Å². The van der Waals surface area contributed by atoms with E-state index in [-0.39, 0.29) is 23.9 Å². The molecule has 3 nitrogen and oxygen atoms in total. The number of carbonyl (C=O) groups excluding carboxylic acids is 1. The number of amides is 1. The highest BCUT2D eigenvalue weighted by atomic mass is 19.2. The minimum Gasteiger partial charge on any atom is -0.393 e. The first-order chi connectivity index (χ1) is 9.49. The standard InChI is InChI=1S/C15H19F2NO2/c1-10(19)8-12-5-3-7-18(12)14(20)9-11-4-2-6-13(16)15(11)17/h2,4,6,10,12,19H,3,5,7-9H2,1H3. The number of rotatable bonds is 4. The maximum atomic E-state index is 13.6. The van der Waals surface area contributed by atoms with Crippen molar-refractivity contribution in [3.8, 4) is 0 Å². The fraction of sp³-hybridized carbons (Fsp3) is 0.533. The van der Waals surface area contributed by atoms with Crippen molar-refractivity contribution in [1.82, 2.24) is 4.90 Å². The molecule has 1 saturated heterocycles. The van der Waals surface area contributed by atoms with Crippen molar-refractivity contribution in [1.29, 1.82) is 0 Å². The molecule has 2 atom stereocenters. The molecule has 110 valence electrons. The number of hydrogen-bond donors (Lipinski definition) is 1. The van der Waals surface area contributed by atoms with Crippen LogP contribution in [-0.4, -0.2) is 34.6 Å². The van der Waals surface area contributed by atoms with E-state index in [0.717, 1.165) is 18.9 Å². The van der Waals surface area contributed by atoms with Crippen molar-refractivity contribution in [3.05, 3.63) is 35.4 Å². The maximum absolute atomic E-state index is 13.6. The second kappa shape index (κ2) is 6.31. The van der Waals surface area contributed by atoms with Crippen molar-refractivity contribution in [2.45, 2.75) is 44.8 Å². The van der Waals surface area contributed by atoms with Crippen LogP contribution >= 0.6 is 0 Å². The maximum Gasteiger partial charge on any atom is 0.227 e. The van der Waals surface area contributed by atoms with E-state index in [1.165, 1.54) is 12.1 Å². The summed E-state index contributed by atoms with van der Waals surface area (Å²) in [5.74, 6) is -2.10. The van der Waals surface area contributed by atoms with E-state index in [4.69, 9.17) is 0 Å². The van der Waals surface area contributed by atoms with E-state index >= 15 is 0 Å². The number of hydrogen-bond acceptors (Lipinski definition) is 2. The lowest BCUT2D eigenvalue weighted by Gasteiger charge is -2.26. The normalized spacial score (nSPS) is 20.2. The van der Waals surface area contributed by atoms with Crippen LogP contribution in [0.2, 0.25) is 0 Å². The van der Waals surface area contributed by atoms with E-state index in [2.05, 4.69) is 0 Å². The lowest BCUT2D eigenvalue weighted by atomic mass is 10.1. The summed E-state index contributed by atoms with van der Waals surface area (Å²) in [6.45, 7) is 2.31. The predicted molar refractivity (Wildman–Crippen MR) is 71.1 cm³/mol. The first-order valence-corrected chi connectivity index (χ1v) is 6.89. The molecule has 1 N–H and O–H groups in total. The van der Waals surface area contributed by atoms with Gasteiger partial charge in [0, 0.05) is 18.2 Å². The zero-order chi connectivity index (χ0) is 14.7. The molecule has 1 amide bonds. The van der Waals surface area contributed by atoms with Crippen LogP contribution in [0.1, 0.15) is 31.7 Å². The van der Waals surface area contributed by atoms with E-state index in [9.17, 15) is 18.7 Å². The zero-order valence-corrected chi connectivity index (χ0v) is 11.5. The highest BCUT2D eigenvalue weighted by Crippen LogP contribution is 2.23. The Hall–Kier alpha value is -1.49. The van der Waals surface area contributed by atoms with Gasteiger partial charge in [-0.05, 0) is 32.3 Å². The first kappa shape index (κ1) is 14.9. The molecule has 1 aliphatic rings. The van der Waals surface area contributed by atoms with Gasteiger partial charge in [-0.3, -0.25) is 4.79 Å². The summed E-state index contributed by atoms with van der Waals surface area (Å²) in [7, 11) is 0. The Morgan fingerprint density at radius 2 is 2.25 bits per heavy atom. The summed E-state index contributed by atoms with van der Waals surface area (Å²) >= 11 is 0. The van der Waals surface area contributed by atoms with Gasteiger partial charge in [-0.1, -0.05) is 12.1 Å². The number of benzene rings is 1. The van der Waals surface area contributed by atoms with Crippen molar-refractivity contribution in [2.75, 3.05) is 6.54 Å². The third-order valence-corrected chi connectivity index (χ3v) is 3.68. The van der Waals surface area contributed by atoms with Gasteiger partial charge in [-0.25, -0.2) is 8.78 Å². The summed E-state index contributed by atoms with van der Waals surface area (Å²) in [5.41, 5.74) is 0.0812. The van der Waals surface area contributed by atoms with E-state index < -0.39 is 17.7 Å². The van der Waals surface area contributed by atoms with Crippen LogP contribution in [0.15, 0.2) is 18.2 Å². The molecule has 0 saturated carbocycles. The minimum absolute atomic E-state index is 0.000814. The molecule has 0 spiro atoms. The number of aliphatic hydroxyl groups excluding tert-OH is 1. The van der Waals surface area contributed by atoms with Crippen LogP contribution in [0.5, 0.6) is 0 Å². The average molecular weight is 283 g/mol. The molecule has 2 unspecified atom stereocenters. The van der Waals surface area contributed by atoms with Crippen LogP contribution in [0, 0.1) is 11.6 Å². The molecule has 1 aromatic carbocycles. The fourth-order valence-electron chi connectivity index (χ4n) is 2.75.